The Hall–Kier alpha value is -0.795. The molecule has 1 fully saturated rings. The second-order valence-corrected chi connectivity index (χ2v) is 2.46. The van der Waals surface area contributed by atoms with Gasteiger partial charge in [-0.05, 0) is 5.56 Å². The predicted molar refractivity (Wildman–Crippen MR) is 43.4 cm³/mol. The zero-order chi connectivity index (χ0) is 8.39. The molecule has 1 aromatic carbocycles. The van der Waals surface area contributed by atoms with Crippen molar-refractivity contribution in [1.82, 2.24) is 0 Å². The molecule has 3 heteroatoms. The zero-order valence-electron chi connectivity index (χ0n) is 7.07. The summed E-state index contributed by atoms with van der Waals surface area (Å²) < 4.78 is 17.3. The van der Waals surface area contributed by atoms with Crippen LogP contribution in [0.3, 0.4) is 0 Å². The van der Waals surface area contributed by atoms with Crippen LogP contribution in [0.25, 0.3) is 0 Å². The van der Waals surface area contributed by atoms with Gasteiger partial charge in [0, 0.05) is 0 Å². The third kappa shape index (κ3) is 1.44. The van der Waals surface area contributed by atoms with Crippen LogP contribution >= 0.6 is 0 Å². The lowest BCUT2D eigenvalue weighted by Gasteiger charge is -2.07. The zero-order valence-corrected chi connectivity index (χ0v) is 6.07. The number of benzene rings is 1. The van der Waals surface area contributed by atoms with Crippen molar-refractivity contribution in [1.29, 1.82) is 1.34 Å². The Morgan fingerprint density at radius 2 is 2.27 bits per heavy atom. The molecule has 0 radical (unpaired) electrons. The van der Waals surface area contributed by atoms with E-state index in [1.54, 1.807) is 0 Å². The van der Waals surface area contributed by atoms with Gasteiger partial charge >= 0.3 is 7.65 Å². The largest absolute Gasteiger partial charge is 0.438 e. The van der Waals surface area contributed by atoms with Crippen LogP contribution in [0.5, 0.6) is 0 Å². The highest BCUT2D eigenvalue weighted by atomic mass is 16.6. The van der Waals surface area contributed by atoms with Crippen molar-refractivity contribution in [2.75, 3.05) is 6.61 Å². The summed E-state index contributed by atoms with van der Waals surface area (Å²) in [6.07, 6.45) is -0.0614. The Kier molecular flexibility index (Phi) is 1.62. The van der Waals surface area contributed by atoms with Gasteiger partial charge in [-0.1, -0.05) is 30.3 Å². The molecule has 2 nitrogen and oxygen atoms in total. The molecule has 0 saturated carbocycles. The first-order valence-corrected chi connectivity index (χ1v) is 3.60. The van der Waals surface area contributed by atoms with Crippen molar-refractivity contribution < 1.29 is 9.31 Å². The molecule has 1 heterocycles. The Balaban J connectivity index is 2.11. The van der Waals surface area contributed by atoms with E-state index in [0.29, 0.717) is 6.61 Å². The smallest absolute Gasteiger partial charge is 0.411 e. The monoisotopic (exact) mass is 149 g/mol. The average Bonchev–Trinajstić information content (AvgIpc) is 2.54. The van der Waals surface area contributed by atoms with E-state index in [1.807, 2.05) is 30.3 Å². The molecule has 0 spiro atoms. The quantitative estimate of drug-likeness (QED) is 0.555. The molecule has 0 aliphatic carbocycles. The Labute approximate surface area is 67.8 Å². The van der Waals surface area contributed by atoms with Gasteiger partial charge in [-0.2, -0.15) is 0 Å². The minimum atomic E-state index is -0.810. The van der Waals surface area contributed by atoms with Crippen LogP contribution in [0.4, 0.5) is 0 Å². The van der Waals surface area contributed by atoms with Crippen LogP contribution in [0.15, 0.2) is 30.3 Å². The van der Waals surface area contributed by atoms with E-state index < -0.39 is 7.65 Å². The van der Waals surface area contributed by atoms with Crippen LogP contribution in [-0.2, 0) is 9.31 Å². The van der Waals surface area contributed by atoms with Gasteiger partial charge in [-0.3, -0.25) is 0 Å². The lowest BCUT2D eigenvalue weighted by Crippen LogP contribution is -1.98. The Morgan fingerprint density at radius 1 is 1.45 bits per heavy atom. The second kappa shape index (κ2) is 3.07. The Morgan fingerprint density at radius 3 is 2.91 bits per heavy atom. The first-order chi connectivity index (χ1) is 5.86. The van der Waals surface area contributed by atoms with Gasteiger partial charge in [0.05, 0.1) is 14.0 Å². The maximum absolute atomic E-state index is 7.17. The summed E-state index contributed by atoms with van der Waals surface area (Å²) in [5.41, 5.74) is 1.08. The molecule has 0 aromatic heterocycles. The predicted octanol–water partition coefficient (Wildman–Crippen LogP) is 1.04. The molecule has 0 N–H and O–H groups in total. The van der Waals surface area contributed by atoms with Gasteiger partial charge in [0.25, 0.3) is 0 Å². The maximum Gasteiger partial charge on any atom is 0.438 e. The molecular formula is C8H9BO2. The van der Waals surface area contributed by atoms with Crippen LogP contribution in [0.1, 0.15) is 11.7 Å². The highest BCUT2D eigenvalue weighted by molar-refractivity contribution is 6.18. The van der Waals surface area contributed by atoms with Gasteiger partial charge in [0.2, 0.25) is 0 Å². The number of rotatable bonds is 1. The van der Waals surface area contributed by atoms with E-state index in [4.69, 9.17) is 10.6 Å². The van der Waals surface area contributed by atoms with Gasteiger partial charge < -0.3 is 9.31 Å². The number of hydrogen-bond acceptors (Lipinski definition) is 2. The van der Waals surface area contributed by atoms with Gasteiger partial charge in [0.15, 0.2) is 0 Å². The van der Waals surface area contributed by atoms with Crippen molar-refractivity contribution in [3.05, 3.63) is 35.9 Å². The molecule has 2 rings (SSSR count). The van der Waals surface area contributed by atoms with Crippen molar-refractivity contribution >= 4 is 7.65 Å². The lowest BCUT2D eigenvalue weighted by molar-refractivity contribution is 0.243. The summed E-state index contributed by atoms with van der Waals surface area (Å²) >= 11 is 0. The molecule has 1 unspecified atom stereocenters. The summed E-state index contributed by atoms with van der Waals surface area (Å²) in [6, 6.07) is 9.82. The Bertz CT molecular complexity index is 254. The summed E-state index contributed by atoms with van der Waals surface area (Å²) in [7, 11) is -0.810. The molecule has 1 aliphatic rings. The molecule has 0 amide bonds. The number of hydrogen-bond donors (Lipinski definition) is 0. The summed E-state index contributed by atoms with van der Waals surface area (Å²) in [5, 5.41) is 0. The minimum Gasteiger partial charge on any atom is -0.411 e. The minimum absolute atomic E-state index is 0.0614. The highest BCUT2D eigenvalue weighted by Crippen LogP contribution is 2.20. The van der Waals surface area contributed by atoms with E-state index >= 15 is 0 Å². The van der Waals surface area contributed by atoms with Crippen molar-refractivity contribution in [2.45, 2.75) is 6.10 Å². The molecule has 11 heavy (non-hydrogen) atoms. The van der Waals surface area contributed by atoms with Gasteiger partial charge in [-0.15, -0.1) is 0 Å². The van der Waals surface area contributed by atoms with E-state index in [-0.39, 0.29) is 6.10 Å². The fraction of sp³-hybridized carbons (Fsp3) is 0.250. The van der Waals surface area contributed by atoms with Crippen LogP contribution in [0, 0.1) is 0 Å². The van der Waals surface area contributed by atoms with Crippen molar-refractivity contribution in [3.8, 4) is 0 Å². The van der Waals surface area contributed by atoms with Crippen LogP contribution < -0.4 is 0 Å². The third-order valence-corrected chi connectivity index (χ3v) is 1.71. The van der Waals surface area contributed by atoms with Crippen molar-refractivity contribution in [2.24, 2.45) is 0 Å². The summed E-state index contributed by atoms with van der Waals surface area (Å²) in [5.74, 6) is 0. The summed E-state index contributed by atoms with van der Waals surface area (Å²) in [4.78, 5) is 0. The van der Waals surface area contributed by atoms with E-state index in [2.05, 4.69) is 0 Å². The SMILES string of the molecule is [2H]B1OCC(c2ccccc2)O1. The fourth-order valence-electron chi connectivity index (χ4n) is 1.11. The van der Waals surface area contributed by atoms with Gasteiger partial charge in [-0.25, -0.2) is 0 Å². The molecule has 1 aliphatic heterocycles. The molecule has 56 valence electrons. The molecule has 1 aromatic rings. The third-order valence-electron chi connectivity index (χ3n) is 1.71. The van der Waals surface area contributed by atoms with E-state index in [0.717, 1.165) is 5.56 Å². The van der Waals surface area contributed by atoms with Gasteiger partial charge in [0.1, 0.15) is 0 Å². The van der Waals surface area contributed by atoms with Crippen LogP contribution in [-0.4, -0.2) is 15.6 Å². The van der Waals surface area contributed by atoms with E-state index in [1.165, 1.54) is 0 Å². The first kappa shape index (κ1) is 5.80. The second-order valence-electron chi connectivity index (χ2n) is 2.46. The molecule has 1 atom stereocenters. The lowest BCUT2D eigenvalue weighted by atomic mass is 10.1. The average molecular weight is 149 g/mol. The van der Waals surface area contributed by atoms with E-state index in [9.17, 15) is 0 Å². The van der Waals surface area contributed by atoms with Crippen molar-refractivity contribution in [3.63, 3.8) is 0 Å². The highest BCUT2D eigenvalue weighted by Gasteiger charge is 2.18. The molecule has 1 saturated heterocycles. The maximum atomic E-state index is 7.17. The molecule has 0 bridgehead atoms. The summed E-state index contributed by atoms with van der Waals surface area (Å²) in [6.45, 7) is 0.484. The standard InChI is InChI=1S/C8H9BO2/c1-2-4-7(5-3-1)8-6-10-9-11-8/h1-5,8-9H,6H2/i9D. The molecular weight excluding hydrogens is 139 g/mol. The topological polar surface area (TPSA) is 18.5 Å². The van der Waals surface area contributed by atoms with Crippen LogP contribution in [0.2, 0.25) is 0 Å². The normalized spacial score (nSPS) is 25.3. The first-order valence-electron chi connectivity index (χ1n) is 4.18. The fourth-order valence-corrected chi connectivity index (χ4v) is 1.11.